The van der Waals surface area contributed by atoms with Gasteiger partial charge in [-0.2, -0.15) is 15.3 Å². The number of anilines is 1. The molecule has 0 bridgehead atoms. The van der Waals surface area contributed by atoms with Crippen molar-refractivity contribution in [2.75, 3.05) is 39.6 Å². The third-order valence-corrected chi connectivity index (χ3v) is 11.8. The third-order valence-electron chi connectivity index (χ3n) is 11.8. The Hall–Kier alpha value is -5.17. The van der Waals surface area contributed by atoms with E-state index in [1.54, 1.807) is 17.9 Å². The molecule has 0 radical (unpaired) electrons. The second kappa shape index (κ2) is 13.4. The van der Waals surface area contributed by atoms with Gasteiger partial charge in [0.2, 0.25) is 5.88 Å². The van der Waals surface area contributed by atoms with E-state index in [4.69, 9.17) is 39.5 Å². The molecule has 4 aliphatic rings. The highest BCUT2D eigenvalue weighted by molar-refractivity contribution is 5.68. The Bertz CT molecular complexity index is 2200. The lowest BCUT2D eigenvalue weighted by atomic mass is 9.68. The third kappa shape index (κ3) is 5.67. The number of ether oxygens (including phenoxy) is 3. The molecule has 2 aliphatic heterocycles. The maximum atomic E-state index is 10.2. The Morgan fingerprint density at radius 2 is 1.96 bits per heavy atom. The smallest absolute Gasteiger partial charge is 0.219 e. The first kappa shape index (κ1) is 33.7. The van der Waals surface area contributed by atoms with Gasteiger partial charge in [-0.15, -0.1) is 5.10 Å². The summed E-state index contributed by atoms with van der Waals surface area (Å²) < 4.78 is 27.9. The van der Waals surface area contributed by atoms with Crippen molar-refractivity contribution in [3.05, 3.63) is 64.7 Å². The molecule has 15 heteroatoms. The lowest BCUT2D eigenvalue weighted by Crippen LogP contribution is -2.44. The number of nitriles is 1. The molecule has 0 saturated carbocycles. The molecule has 5 aromatic rings. The normalized spacial score (nSPS) is 23.6. The number of likely N-dealkylation sites (tertiary alicyclic amines) is 1. The number of fused-ring (bicyclic) bond motifs is 4. The first-order valence-electron chi connectivity index (χ1n) is 18.5. The van der Waals surface area contributed by atoms with Gasteiger partial charge in [0.1, 0.15) is 23.6 Å². The minimum absolute atomic E-state index is 0.0411. The van der Waals surface area contributed by atoms with Crippen LogP contribution < -0.4 is 10.5 Å². The van der Waals surface area contributed by atoms with Crippen LogP contribution in [0.1, 0.15) is 79.5 Å². The van der Waals surface area contributed by atoms with Gasteiger partial charge in [-0.25, -0.2) is 14.3 Å². The number of benzene rings is 1. The number of aryl methyl sites for hydroxylation is 1. The molecular weight excluding hydrogens is 674 g/mol. The molecule has 0 amide bonds. The molecule has 2 N–H and O–H groups in total. The van der Waals surface area contributed by atoms with E-state index < -0.39 is 5.41 Å². The van der Waals surface area contributed by atoms with Gasteiger partial charge >= 0.3 is 0 Å². The van der Waals surface area contributed by atoms with Gasteiger partial charge < -0.3 is 24.5 Å². The molecule has 4 atom stereocenters. The van der Waals surface area contributed by atoms with Crippen LogP contribution in [0.4, 0.5) is 5.69 Å². The van der Waals surface area contributed by atoms with Crippen LogP contribution in [0, 0.1) is 11.3 Å². The number of nitrogens with zero attached hydrogens (tertiary/aromatic N) is 10. The minimum Gasteiger partial charge on any atom is -0.473 e. The van der Waals surface area contributed by atoms with E-state index in [1.165, 1.54) is 0 Å². The zero-order valence-electron chi connectivity index (χ0n) is 30.2. The quantitative estimate of drug-likeness (QED) is 0.223. The fourth-order valence-corrected chi connectivity index (χ4v) is 9.18. The van der Waals surface area contributed by atoms with Crippen molar-refractivity contribution < 1.29 is 18.7 Å². The maximum absolute atomic E-state index is 10.2. The van der Waals surface area contributed by atoms with Crippen LogP contribution in [0.3, 0.4) is 0 Å². The average Bonchev–Trinajstić information content (AvgIpc) is 4.02. The summed E-state index contributed by atoms with van der Waals surface area (Å²) in [4.78, 5) is 12.2. The van der Waals surface area contributed by atoms with Gasteiger partial charge in [-0.1, -0.05) is 16.4 Å². The molecule has 15 nitrogen and oxygen atoms in total. The van der Waals surface area contributed by atoms with Crippen LogP contribution in [0.5, 0.6) is 5.88 Å². The van der Waals surface area contributed by atoms with Gasteiger partial charge in [-0.3, -0.25) is 4.90 Å². The Morgan fingerprint density at radius 1 is 1.09 bits per heavy atom. The SMILES string of the molecule is CO[C@H]1CCN(C)[C@@H]1[C@H](C)Oc1cc(-n2ccc(-c3cn(C4CCOCC4)nn3)n2)nc(-c2noc3c2CCC[C@@]32CCc3ccc(N)c(C#N)c32)n1. The predicted molar refractivity (Wildman–Crippen MR) is 192 cm³/mol. The number of rotatable bonds is 8. The zero-order chi connectivity index (χ0) is 36.3. The number of nitrogen functional groups attached to an aromatic ring is 1. The summed E-state index contributed by atoms with van der Waals surface area (Å²) in [5.41, 5.74) is 11.9. The Morgan fingerprint density at radius 3 is 2.79 bits per heavy atom. The van der Waals surface area contributed by atoms with Gasteiger partial charge in [0.25, 0.3) is 0 Å². The molecule has 0 unspecified atom stereocenters. The predicted octanol–water partition coefficient (Wildman–Crippen LogP) is 4.44. The monoisotopic (exact) mass is 717 g/mol. The van der Waals surface area contributed by atoms with Crippen molar-refractivity contribution in [2.45, 2.75) is 88.0 Å². The average molecular weight is 718 g/mol. The van der Waals surface area contributed by atoms with Crippen LogP contribution in [-0.2, 0) is 27.7 Å². The lowest BCUT2D eigenvalue weighted by Gasteiger charge is -2.33. The molecule has 274 valence electrons. The molecule has 9 rings (SSSR count). The van der Waals surface area contributed by atoms with Gasteiger partial charge in [-0.05, 0) is 88.6 Å². The summed E-state index contributed by atoms with van der Waals surface area (Å²) >= 11 is 0. The summed E-state index contributed by atoms with van der Waals surface area (Å²) in [7, 11) is 3.84. The molecule has 1 aromatic carbocycles. The topological polar surface area (TPSA) is 181 Å². The molecule has 6 heterocycles. The van der Waals surface area contributed by atoms with E-state index in [0.717, 1.165) is 93.6 Å². The highest BCUT2D eigenvalue weighted by Gasteiger charge is 2.49. The largest absolute Gasteiger partial charge is 0.473 e. The Balaban J connectivity index is 1.11. The van der Waals surface area contributed by atoms with E-state index in [1.807, 2.05) is 42.2 Å². The molecule has 1 spiro atoms. The van der Waals surface area contributed by atoms with Crippen LogP contribution in [0.15, 0.2) is 41.2 Å². The first-order chi connectivity index (χ1) is 25.9. The van der Waals surface area contributed by atoms with Crippen molar-refractivity contribution in [2.24, 2.45) is 0 Å². The standard InChI is InChI=1S/C38H43N11O4/c1-22(35-30(50-3)10-15-47(35)2)52-32-19-31(48-16-9-28(44-48)29-21-49(46-43-29)24-11-17-51-18-12-24)41-37(42-32)34-25-5-4-13-38(36(25)53-45-34)14-8-23-6-7-27(40)26(20-39)33(23)38/h6-7,9,16,19,21-22,24,30,35H,4-5,8,10-15,17-18,40H2,1-3H3/t22-,30-,35+,38-/m0/s1. The van der Waals surface area contributed by atoms with E-state index in [0.29, 0.717) is 45.9 Å². The summed E-state index contributed by atoms with van der Waals surface area (Å²) in [6.45, 7) is 4.40. The summed E-state index contributed by atoms with van der Waals surface area (Å²) in [6.07, 6.45) is 10.5. The van der Waals surface area contributed by atoms with Gasteiger partial charge in [0, 0.05) is 50.4 Å². The van der Waals surface area contributed by atoms with Crippen LogP contribution in [0.25, 0.3) is 28.7 Å². The maximum Gasteiger partial charge on any atom is 0.219 e. The van der Waals surface area contributed by atoms with Gasteiger partial charge in [0.15, 0.2) is 23.1 Å². The second-order valence-electron chi connectivity index (χ2n) is 14.8. The number of methoxy groups -OCH3 is 1. The van der Waals surface area contributed by atoms with Gasteiger partial charge in [0.05, 0.1) is 35.4 Å². The summed E-state index contributed by atoms with van der Waals surface area (Å²) in [6, 6.07) is 10.3. The fourth-order valence-electron chi connectivity index (χ4n) is 9.18. The Labute approximate surface area is 307 Å². The lowest BCUT2D eigenvalue weighted by molar-refractivity contribution is 0.0174. The minimum atomic E-state index is -0.485. The van der Waals surface area contributed by atoms with Crippen molar-refractivity contribution in [3.63, 3.8) is 0 Å². The molecule has 2 aliphatic carbocycles. The number of hydrogen-bond donors (Lipinski definition) is 1. The van der Waals surface area contributed by atoms with Crippen molar-refractivity contribution in [3.8, 4) is 40.7 Å². The second-order valence-corrected chi connectivity index (χ2v) is 14.8. The van der Waals surface area contributed by atoms with E-state index >= 15 is 0 Å². The summed E-state index contributed by atoms with van der Waals surface area (Å²) in [5.74, 6) is 2.05. The molecular formula is C38H43N11O4. The molecule has 2 saturated heterocycles. The van der Waals surface area contributed by atoms with Crippen molar-refractivity contribution in [1.82, 2.24) is 44.8 Å². The molecule has 53 heavy (non-hydrogen) atoms. The molecule has 4 aromatic heterocycles. The zero-order valence-corrected chi connectivity index (χ0v) is 30.2. The van der Waals surface area contributed by atoms with Crippen molar-refractivity contribution >= 4 is 5.69 Å². The fraction of sp³-hybridized carbons (Fsp3) is 0.500. The first-order valence-corrected chi connectivity index (χ1v) is 18.5. The molecule has 2 fully saturated rings. The number of hydrogen-bond acceptors (Lipinski definition) is 13. The number of likely N-dealkylation sites (N-methyl/N-ethyl adjacent to an activating group) is 1. The van der Waals surface area contributed by atoms with E-state index in [2.05, 4.69) is 33.5 Å². The van der Waals surface area contributed by atoms with E-state index in [-0.39, 0.29) is 24.3 Å². The number of nitrogens with two attached hydrogens (primary N) is 1. The van der Waals surface area contributed by atoms with Crippen molar-refractivity contribution in [1.29, 1.82) is 5.26 Å². The summed E-state index contributed by atoms with van der Waals surface area (Å²) in [5, 5.41) is 28.6. The van der Waals surface area contributed by atoms with Crippen LogP contribution in [-0.4, -0.2) is 97.0 Å². The number of aromatic nitrogens is 8. The van der Waals surface area contributed by atoms with E-state index in [9.17, 15) is 5.26 Å². The Kier molecular flexibility index (Phi) is 8.48. The highest BCUT2D eigenvalue weighted by Crippen LogP contribution is 2.54. The highest BCUT2D eigenvalue weighted by atomic mass is 16.5. The van der Waals surface area contributed by atoms with Crippen LogP contribution >= 0.6 is 0 Å². The van der Waals surface area contributed by atoms with Crippen LogP contribution in [0.2, 0.25) is 0 Å².